The Balaban J connectivity index is 1.32. The summed E-state index contributed by atoms with van der Waals surface area (Å²) < 4.78 is 18.7. The highest BCUT2D eigenvalue weighted by Gasteiger charge is 2.13. The van der Waals surface area contributed by atoms with Crippen molar-refractivity contribution in [1.82, 2.24) is 19.5 Å². The number of methoxy groups -OCH3 is 2. The lowest BCUT2D eigenvalue weighted by atomic mass is 10.1. The molecule has 2 aromatic carbocycles. The first-order valence-electron chi connectivity index (χ1n) is 11.5. The van der Waals surface area contributed by atoms with E-state index in [1.165, 1.54) is 12.8 Å². The van der Waals surface area contributed by atoms with Gasteiger partial charge in [-0.1, -0.05) is 6.07 Å². The van der Waals surface area contributed by atoms with E-state index >= 15 is 0 Å². The van der Waals surface area contributed by atoms with Gasteiger partial charge in [0.25, 0.3) is 0 Å². The van der Waals surface area contributed by atoms with E-state index in [2.05, 4.69) is 20.3 Å². The van der Waals surface area contributed by atoms with Gasteiger partial charge in [-0.15, -0.1) is 5.10 Å². The highest BCUT2D eigenvalue weighted by atomic mass is 16.5. The van der Waals surface area contributed by atoms with E-state index in [1.807, 2.05) is 65.2 Å². The van der Waals surface area contributed by atoms with Crippen molar-refractivity contribution in [2.45, 2.75) is 12.8 Å². The van der Waals surface area contributed by atoms with Gasteiger partial charge in [0.2, 0.25) is 5.95 Å². The first-order chi connectivity index (χ1) is 16.7. The molecule has 1 N–H and O–H groups in total. The minimum atomic E-state index is 0.505. The minimum Gasteiger partial charge on any atom is -0.497 e. The minimum absolute atomic E-state index is 0.505. The number of likely N-dealkylation sites (tertiary alicyclic amines) is 1. The van der Waals surface area contributed by atoms with Crippen molar-refractivity contribution in [3.63, 3.8) is 0 Å². The standard InChI is InChI=1S/C26H29N5O3/c1-32-21-11-8-19(9-12-21)22-6-5-7-25-28-26(29-31(22)25)27-20-10-13-23(24(18-20)33-2)34-17-16-30-14-3-4-15-30/h5-13,18H,3-4,14-17H2,1-2H3,(H,27,29). The molecule has 8 nitrogen and oxygen atoms in total. The third-order valence-corrected chi connectivity index (χ3v) is 6.03. The SMILES string of the molecule is COc1ccc(-c2cccc3nc(Nc4ccc(OCCN5CCCC5)c(OC)c4)nn23)cc1. The Morgan fingerprint density at radius 2 is 1.74 bits per heavy atom. The summed E-state index contributed by atoms with van der Waals surface area (Å²) in [7, 11) is 3.31. The molecule has 176 valence electrons. The van der Waals surface area contributed by atoms with E-state index in [-0.39, 0.29) is 0 Å². The van der Waals surface area contributed by atoms with E-state index in [9.17, 15) is 0 Å². The second-order valence-corrected chi connectivity index (χ2v) is 8.23. The van der Waals surface area contributed by atoms with Crippen LogP contribution in [-0.4, -0.2) is 60.0 Å². The van der Waals surface area contributed by atoms with Crippen LogP contribution in [-0.2, 0) is 0 Å². The summed E-state index contributed by atoms with van der Waals surface area (Å²) in [6.45, 7) is 3.90. The quantitative estimate of drug-likeness (QED) is 0.391. The molecular formula is C26H29N5O3. The van der Waals surface area contributed by atoms with Gasteiger partial charge in [-0.2, -0.15) is 4.98 Å². The van der Waals surface area contributed by atoms with E-state index < -0.39 is 0 Å². The highest BCUT2D eigenvalue weighted by molar-refractivity contribution is 5.66. The number of pyridine rings is 1. The maximum Gasteiger partial charge on any atom is 0.247 e. The summed E-state index contributed by atoms with van der Waals surface area (Å²) in [5.41, 5.74) is 3.55. The van der Waals surface area contributed by atoms with Crippen LogP contribution in [0.2, 0.25) is 0 Å². The van der Waals surface area contributed by atoms with Crippen LogP contribution >= 0.6 is 0 Å². The molecule has 0 saturated carbocycles. The van der Waals surface area contributed by atoms with Crippen molar-refractivity contribution < 1.29 is 14.2 Å². The predicted molar refractivity (Wildman–Crippen MR) is 132 cm³/mol. The zero-order valence-corrected chi connectivity index (χ0v) is 19.5. The van der Waals surface area contributed by atoms with Crippen molar-refractivity contribution in [2.24, 2.45) is 0 Å². The molecule has 0 unspecified atom stereocenters. The Kier molecular flexibility index (Phi) is 6.49. The van der Waals surface area contributed by atoms with Crippen molar-refractivity contribution in [3.8, 4) is 28.5 Å². The van der Waals surface area contributed by atoms with Crippen LogP contribution < -0.4 is 19.5 Å². The number of benzene rings is 2. The summed E-state index contributed by atoms with van der Waals surface area (Å²) in [5, 5.41) is 7.97. The number of hydrogen-bond donors (Lipinski definition) is 1. The summed E-state index contributed by atoms with van der Waals surface area (Å²) in [4.78, 5) is 7.07. The highest BCUT2D eigenvalue weighted by Crippen LogP contribution is 2.31. The molecule has 1 fully saturated rings. The van der Waals surface area contributed by atoms with E-state index in [0.717, 1.165) is 53.7 Å². The molecule has 0 amide bonds. The second-order valence-electron chi connectivity index (χ2n) is 8.23. The van der Waals surface area contributed by atoms with Gasteiger partial charge in [0.1, 0.15) is 12.4 Å². The molecule has 2 aromatic heterocycles. The number of rotatable bonds is 9. The molecule has 3 heterocycles. The topological polar surface area (TPSA) is 73.1 Å². The van der Waals surface area contributed by atoms with Crippen molar-refractivity contribution in [2.75, 3.05) is 45.8 Å². The molecule has 0 bridgehead atoms. The molecule has 0 radical (unpaired) electrons. The molecular weight excluding hydrogens is 430 g/mol. The van der Waals surface area contributed by atoms with Gasteiger partial charge < -0.3 is 19.5 Å². The Hall–Kier alpha value is -3.78. The molecule has 8 heteroatoms. The summed E-state index contributed by atoms with van der Waals surface area (Å²) >= 11 is 0. The third-order valence-electron chi connectivity index (χ3n) is 6.03. The summed E-state index contributed by atoms with van der Waals surface area (Å²) in [6, 6.07) is 19.6. The van der Waals surface area contributed by atoms with Crippen molar-refractivity contribution in [1.29, 1.82) is 0 Å². The number of nitrogens with one attached hydrogen (secondary N) is 1. The number of hydrogen-bond acceptors (Lipinski definition) is 7. The molecule has 0 atom stereocenters. The molecule has 5 rings (SSSR count). The van der Waals surface area contributed by atoms with Gasteiger partial charge in [-0.05, 0) is 74.5 Å². The molecule has 1 aliphatic heterocycles. The molecule has 0 aliphatic carbocycles. The van der Waals surface area contributed by atoms with E-state index in [1.54, 1.807) is 14.2 Å². The first kappa shape index (κ1) is 22.0. The molecule has 0 spiro atoms. The largest absolute Gasteiger partial charge is 0.497 e. The average molecular weight is 460 g/mol. The summed E-state index contributed by atoms with van der Waals surface area (Å²) in [6.07, 6.45) is 2.56. The Morgan fingerprint density at radius 3 is 2.50 bits per heavy atom. The van der Waals surface area contributed by atoms with Crippen LogP contribution in [0.3, 0.4) is 0 Å². The number of aromatic nitrogens is 3. The van der Waals surface area contributed by atoms with Crippen molar-refractivity contribution >= 4 is 17.3 Å². The first-order valence-corrected chi connectivity index (χ1v) is 11.5. The second kappa shape index (κ2) is 10.0. The van der Waals surface area contributed by atoms with Crippen LogP contribution in [0.4, 0.5) is 11.6 Å². The zero-order valence-electron chi connectivity index (χ0n) is 19.5. The Bertz CT molecular complexity index is 1250. The molecule has 1 saturated heterocycles. The Morgan fingerprint density at radius 1 is 0.912 bits per heavy atom. The van der Waals surface area contributed by atoms with E-state index in [4.69, 9.17) is 14.2 Å². The number of nitrogens with zero attached hydrogens (tertiary/aromatic N) is 4. The molecule has 1 aliphatic rings. The fraction of sp³-hybridized carbons (Fsp3) is 0.308. The third kappa shape index (κ3) is 4.77. The van der Waals surface area contributed by atoms with Gasteiger partial charge in [0.05, 0.1) is 19.9 Å². The maximum atomic E-state index is 5.99. The fourth-order valence-corrected chi connectivity index (χ4v) is 4.22. The van der Waals surface area contributed by atoms with Crippen LogP contribution in [0.5, 0.6) is 17.2 Å². The lowest BCUT2D eigenvalue weighted by Crippen LogP contribution is -2.25. The van der Waals surface area contributed by atoms with Gasteiger partial charge in [0.15, 0.2) is 17.1 Å². The van der Waals surface area contributed by atoms with Gasteiger partial charge >= 0.3 is 0 Å². The zero-order chi connectivity index (χ0) is 23.3. The molecule has 4 aromatic rings. The predicted octanol–water partition coefficient (Wildman–Crippen LogP) is 4.63. The average Bonchev–Trinajstić information content (AvgIpc) is 3.54. The number of ether oxygens (including phenoxy) is 3. The monoisotopic (exact) mass is 459 g/mol. The number of fused-ring (bicyclic) bond motifs is 1. The number of anilines is 2. The van der Waals surface area contributed by atoms with Crippen LogP contribution in [0.1, 0.15) is 12.8 Å². The Labute approximate surface area is 199 Å². The normalized spacial score (nSPS) is 13.8. The smallest absolute Gasteiger partial charge is 0.247 e. The van der Waals surface area contributed by atoms with Gasteiger partial charge in [0, 0.05) is 23.9 Å². The lowest BCUT2D eigenvalue weighted by Gasteiger charge is -2.16. The van der Waals surface area contributed by atoms with Gasteiger partial charge in [-0.25, -0.2) is 4.52 Å². The summed E-state index contributed by atoms with van der Waals surface area (Å²) in [5.74, 6) is 2.73. The maximum absolute atomic E-state index is 5.99. The van der Waals surface area contributed by atoms with Crippen LogP contribution in [0.15, 0.2) is 60.7 Å². The van der Waals surface area contributed by atoms with Gasteiger partial charge in [-0.3, -0.25) is 4.90 Å². The lowest BCUT2D eigenvalue weighted by molar-refractivity contribution is 0.230. The van der Waals surface area contributed by atoms with E-state index in [0.29, 0.717) is 18.3 Å². The molecule has 34 heavy (non-hydrogen) atoms. The van der Waals surface area contributed by atoms with Crippen LogP contribution in [0.25, 0.3) is 16.9 Å². The van der Waals surface area contributed by atoms with Crippen LogP contribution in [0, 0.1) is 0 Å². The van der Waals surface area contributed by atoms with Crippen molar-refractivity contribution in [3.05, 3.63) is 60.7 Å². The fourth-order valence-electron chi connectivity index (χ4n) is 4.22.